The second kappa shape index (κ2) is 4.11. The first-order chi connectivity index (χ1) is 6.36. The lowest BCUT2D eigenvalue weighted by Crippen LogP contribution is -1.94. The number of nitriles is 1. The number of nitrogens with zero attached hydrogens (tertiary/aromatic N) is 1. The van der Waals surface area contributed by atoms with Crippen LogP contribution in [0.4, 0.5) is 0 Å². The van der Waals surface area contributed by atoms with Crippen molar-refractivity contribution in [3.63, 3.8) is 0 Å². The van der Waals surface area contributed by atoms with Crippen LogP contribution < -0.4 is 0 Å². The highest BCUT2D eigenvalue weighted by Gasteiger charge is 2.16. The monoisotopic (exact) mass is 311 g/mol. The molecule has 1 aromatic carbocycles. The van der Waals surface area contributed by atoms with Crippen LogP contribution in [-0.4, -0.2) is 8.42 Å². The molecule has 74 valence electrons. The Morgan fingerprint density at radius 1 is 1.50 bits per heavy atom. The van der Waals surface area contributed by atoms with Gasteiger partial charge in [-0.05, 0) is 28.1 Å². The van der Waals surface area contributed by atoms with Gasteiger partial charge in [0.05, 0.1) is 10.5 Å². The molecule has 7 heteroatoms. The summed E-state index contributed by atoms with van der Waals surface area (Å²) in [6.45, 7) is 0. The maximum Gasteiger partial charge on any atom is 0.262 e. The maximum atomic E-state index is 11.0. The maximum absolute atomic E-state index is 11.0. The van der Waals surface area contributed by atoms with Gasteiger partial charge in [-0.3, -0.25) is 0 Å². The Hall–Kier alpha value is -0.220. The second-order valence-electron chi connectivity index (χ2n) is 2.35. The molecule has 0 bridgehead atoms. The molecule has 0 aliphatic carbocycles. The normalized spacial score (nSPS) is 11.0. The third kappa shape index (κ3) is 2.42. The van der Waals surface area contributed by atoms with E-state index >= 15 is 0 Å². The molecule has 1 rings (SSSR count). The summed E-state index contributed by atoms with van der Waals surface area (Å²) in [6.07, 6.45) is 0. The molecule has 0 aromatic heterocycles. The zero-order chi connectivity index (χ0) is 10.9. The van der Waals surface area contributed by atoms with Crippen LogP contribution in [0.25, 0.3) is 0 Å². The highest BCUT2D eigenvalue weighted by molar-refractivity contribution is 9.10. The number of halogens is 2. The van der Waals surface area contributed by atoms with Crippen molar-refractivity contribution in [1.29, 1.82) is 5.26 Å². The first-order valence-corrected chi connectivity index (χ1v) is 6.78. The predicted molar refractivity (Wildman–Crippen MR) is 59.1 cm³/mol. The molecular formula is C7H3BrClNO2S2. The summed E-state index contributed by atoms with van der Waals surface area (Å²) in [5.74, 6) is 0. The lowest BCUT2D eigenvalue weighted by molar-refractivity contribution is 0.607. The molecule has 0 aliphatic heterocycles. The van der Waals surface area contributed by atoms with Crippen molar-refractivity contribution in [2.45, 2.75) is 9.79 Å². The van der Waals surface area contributed by atoms with Crippen LogP contribution in [0.1, 0.15) is 5.56 Å². The molecule has 0 radical (unpaired) electrons. The van der Waals surface area contributed by atoms with E-state index in [0.717, 1.165) is 0 Å². The second-order valence-corrected chi connectivity index (χ2v) is 6.22. The fraction of sp³-hybridized carbons (Fsp3) is 0. The highest BCUT2D eigenvalue weighted by Crippen LogP contribution is 2.29. The van der Waals surface area contributed by atoms with E-state index in [1.165, 1.54) is 12.1 Å². The summed E-state index contributed by atoms with van der Waals surface area (Å²) in [5, 5.41) is 8.66. The van der Waals surface area contributed by atoms with Crippen molar-refractivity contribution < 1.29 is 8.42 Å². The lowest BCUT2D eigenvalue weighted by atomic mass is 10.2. The first-order valence-electron chi connectivity index (χ1n) is 3.23. The Morgan fingerprint density at radius 3 is 2.50 bits per heavy atom. The van der Waals surface area contributed by atoms with Gasteiger partial charge in [0.2, 0.25) is 0 Å². The largest absolute Gasteiger partial charge is 0.262 e. The molecule has 14 heavy (non-hydrogen) atoms. The molecule has 0 heterocycles. The molecule has 1 aromatic rings. The van der Waals surface area contributed by atoms with Gasteiger partial charge in [-0.2, -0.15) is 5.26 Å². The van der Waals surface area contributed by atoms with E-state index in [0.29, 0.717) is 4.47 Å². The fourth-order valence-electron chi connectivity index (χ4n) is 0.824. The summed E-state index contributed by atoms with van der Waals surface area (Å²) in [7, 11) is 1.28. The molecule has 0 atom stereocenters. The number of thiol groups is 1. The van der Waals surface area contributed by atoms with Crippen LogP contribution in [0, 0.1) is 11.3 Å². The van der Waals surface area contributed by atoms with Gasteiger partial charge in [0.15, 0.2) is 0 Å². The topological polar surface area (TPSA) is 57.9 Å². The Kier molecular flexibility index (Phi) is 3.48. The standard InChI is InChI=1S/C7H3BrClNO2S2/c8-5-2-6(13)7(14(9,11)12)1-4(5)3-10/h1-2,13H. The molecule has 0 aliphatic rings. The SMILES string of the molecule is N#Cc1cc(S(=O)(=O)Cl)c(S)cc1Br. The molecule has 0 saturated heterocycles. The Morgan fingerprint density at radius 2 is 2.07 bits per heavy atom. The van der Waals surface area contributed by atoms with Gasteiger partial charge in [0.25, 0.3) is 9.05 Å². The third-order valence-electron chi connectivity index (χ3n) is 1.43. The minimum Gasteiger partial charge on any atom is -0.207 e. The van der Waals surface area contributed by atoms with Crippen molar-refractivity contribution in [2.75, 3.05) is 0 Å². The minimum absolute atomic E-state index is 0.165. The molecule has 0 N–H and O–H groups in total. The van der Waals surface area contributed by atoms with E-state index in [4.69, 9.17) is 15.9 Å². The van der Waals surface area contributed by atoms with Gasteiger partial charge in [0, 0.05) is 20.1 Å². The number of hydrogen-bond donors (Lipinski definition) is 1. The van der Waals surface area contributed by atoms with E-state index in [-0.39, 0.29) is 15.4 Å². The van der Waals surface area contributed by atoms with E-state index in [1.54, 1.807) is 0 Å². The average Bonchev–Trinajstić information content (AvgIpc) is 2.02. The zero-order valence-corrected chi connectivity index (χ0v) is 10.6. The Labute approximate surface area is 99.6 Å². The smallest absolute Gasteiger partial charge is 0.207 e. The summed E-state index contributed by atoms with van der Waals surface area (Å²) in [6, 6.07) is 4.42. The van der Waals surface area contributed by atoms with Crippen LogP contribution in [-0.2, 0) is 9.05 Å². The third-order valence-corrected chi connectivity index (χ3v) is 3.97. The van der Waals surface area contributed by atoms with Gasteiger partial charge < -0.3 is 0 Å². The van der Waals surface area contributed by atoms with Crippen LogP contribution in [0.3, 0.4) is 0 Å². The van der Waals surface area contributed by atoms with E-state index < -0.39 is 9.05 Å². The van der Waals surface area contributed by atoms with Crippen molar-refractivity contribution >= 4 is 48.3 Å². The van der Waals surface area contributed by atoms with E-state index in [9.17, 15) is 8.42 Å². The predicted octanol–water partition coefficient (Wildman–Crippen LogP) is 2.54. The van der Waals surface area contributed by atoms with Crippen molar-refractivity contribution in [3.05, 3.63) is 22.2 Å². The fourth-order valence-corrected chi connectivity index (χ4v) is 3.10. The highest BCUT2D eigenvalue weighted by atomic mass is 79.9. The molecule has 3 nitrogen and oxygen atoms in total. The molecule has 0 fully saturated rings. The number of hydrogen-bond acceptors (Lipinski definition) is 4. The summed E-state index contributed by atoms with van der Waals surface area (Å²) < 4.78 is 22.5. The molecular weight excluding hydrogens is 310 g/mol. The number of benzene rings is 1. The van der Waals surface area contributed by atoms with Crippen LogP contribution in [0.15, 0.2) is 26.4 Å². The molecule has 0 spiro atoms. The van der Waals surface area contributed by atoms with Gasteiger partial charge in [-0.25, -0.2) is 8.42 Å². The van der Waals surface area contributed by atoms with Crippen LogP contribution >= 0.6 is 39.2 Å². The lowest BCUT2D eigenvalue weighted by Gasteiger charge is -2.02. The van der Waals surface area contributed by atoms with Gasteiger partial charge >= 0.3 is 0 Å². The minimum atomic E-state index is -3.86. The van der Waals surface area contributed by atoms with Gasteiger partial charge in [-0.1, -0.05) is 0 Å². The molecule has 0 unspecified atom stereocenters. The molecule has 0 saturated carbocycles. The molecule has 0 amide bonds. The first kappa shape index (κ1) is 11.9. The Balaban J connectivity index is 3.58. The van der Waals surface area contributed by atoms with Crippen molar-refractivity contribution in [1.82, 2.24) is 0 Å². The average molecular weight is 313 g/mol. The van der Waals surface area contributed by atoms with Gasteiger partial charge in [0.1, 0.15) is 6.07 Å². The summed E-state index contributed by atoms with van der Waals surface area (Å²) >= 11 is 7.04. The van der Waals surface area contributed by atoms with Crippen molar-refractivity contribution in [3.8, 4) is 6.07 Å². The zero-order valence-electron chi connectivity index (χ0n) is 6.53. The van der Waals surface area contributed by atoms with Crippen LogP contribution in [0.5, 0.6) is 0 Å². The number of rotatable bonds is 1. The quantitative estimate of drug-likeness (QED) is 0.640. The summed E-state index contributed by atoms with van der Waals surface area (Å²) in [5.41, 5.74) is 0.196. The van der Waals surface area contributed by atoms with Crippen LogP contribution in [0.2, 0.25) is 0 Å². The van der Waals surface area contributed by atoms with Crippen molar-refractivity contribution in [2.24, 2.45) is 0 Å². The van der Waals surface area contributed by atoms with E-state index in [1.807, 2.05) is 6.07 Å². The summed E-state index contributed by atoms with van der Waals surface area (Å²) in [4.78, 5) is 0.0353. The van der Waals surface area contributed by atoms with E-state index in [2.05, 4.69) is 28.6 Å². The van der Waals surface area contributed by atoms with Gasteiger partial charge in [-0.15, -0.1) is 12.6 Å². The Bertz CT molecular complexity index is 521.